The number of esters is 1. The van der Waals surface area contributed by atoms with E-state index in [2.05, 4.69) is 5.32 Å². The molecule has 98 valence electrons. The molecule has 0 heterocycles. The highest BCUT2D eigenvalue weighted by Crippen LogP contribution is 2.00. The summed E-state index contributed by atoms with van der Waals surface area (Å²) in [5.41, 5.74) is 1.04. The fourth-order valence-electron chi connectivity index (χ4n) is 1.42. The van der Waals surface area contributed by atoms with Crippen molar-refractivity contribution in [3.63, 3.8) is 0 Å². The third-order valence-electron chi connectivity index (χ3n) is 2.26. The molecule has 0 saturated carbocycles. The van der Waals surface area contributed by atoms with Crippen molar-refractivity contribution in [3.05, 3.63) is 35.9 Å². The maximum Gasteiger partial charge on any atom is 0.306 e. The number of hydrogen-bond donors (Lipinski definition) is 1. The monoisotopic (exact) mass is 249 g/mol. The normalized spacial score (nSPS) is 10.2. The number of rotatable bonds is 6. The van der Waals surface area contributed by atoms with Crippen molar-refractivity contribution in [1.82, 2.24) is 5.32 Å². The summed E-state index contributed by atoms with van der Waals surface area (Å²) in [4.78, 5) is 22.7. The van der Waals surface area contributed by atoms with Gasteiger partial charge in [-0.15, -0.1) is 0 Å². The van der Waals surface area contributed by atoms with Crippen LogP contribution in [0.4, 0.5) is 0 Å². The zero-order chi connectivity index (χ0) is 13.4. The van der Waals surface area contributed by atoms with E-state index in [0.717, 1.165) is 5.56 Å². The van der Waals surface area contributed by atoms with Gasteiger partial charge in [0.1, 0.15) is 0 Å². The van der Waals surface area contributed by atoms with Crippen molar-refractivity contribution in [3.8, 4) is 0 Å². The van der Waals surface area contributed by atoms with Gasteiger partial charge in [0, 0.05) is 13.0 Å². The van der Waals surface area contributed by atoms with E-state index in [1.54, 1.807) is 13.8 Å². The van der Waals surface area contributed by atoms with E-state index in [0.29, 0.717) is 6.54 Å². The molecule has 0 spiro atoms. The molecule has 0 fully saturated rings. The Morgan fingerprint density at radius 1 is 1.17 bits per heavy atom. The summed E-state index contributed by atoms with van der Waals surface area (Å²) in [5, 5.41) is 2.76. The summed E-state index contributed by atoms with van der Waals surface area (Å²) < 4.78 is 4.94. The molecule has 1 N–H and O–H groups in total. The SMILES string of the molecule is CC(C)OC(=O)CCC(=O)NCc1ccccc1. The first-order valence-corrected chi connectivity index (χ1v) is 6.08. The average Bonchev–Trinajstić information content (AvgIpc) is 2.34. The molecule has 0 saturated heterocycles. The Hall–Kier alpha value is -1.84. The number of benzene rings is 1. The highest BCUT2D eigenvalue weighted by molar-refractivity contribution is 5.81. The highest BCUT2D eigenvalue weighted by atomic mass is 16.5. The lowest BCUT2D eigenvalue weighted by molar-refractivity contribution is -0.148. The number of carbonyl (C=O) groups excluding carboxylic acids is 2. The first-order chi connectivity index (χ1) is 8.58. The lowest BCUT2D eigenvalue weighted by Crippen LogP contribution is -2.24. The van der Waals surface area contributed by atoms with Crippen LogP contribution in [0.5, 0.6) is 0 Å². The number of amides is 1. The van der Waals surface area contributed by atoms with Crippen LogP contribution in [0.3, 0.4) is 0 Å². The topological polar surface area (TPSA) is 55.4 Å². The van der Waals surface area contributed by atoms with Crippen LogP contribution in [-0.2, 0) is 20.9 Å². The van der Waals surface area contributed by atoms with Crippen LogP contribution in [0.2, 0.25) is 0 Å². The van der Waals surface area contributed by atoms with E-state index in [-0.39, 0.29) is 30.8 Å². The quantitative estimate of drug-likeness (QED) is 0.785. The molecule has 4 nitrogen and oxygen atoms in total. The molecule has 1 aromatic rings. The van der Waals surface area contributed by atoms with Gasteiger partial charge in [0.05, 0.1) is 12.5 Å². The summed E-state index contributed by atoms with van der Waals surface area (Å²) in [5.74, 6) is -0.473. The van der Waals surface area contributed by atoms with E-state index in [4.69, 9.17) is 4.74 Å². The smallest absolute Gasteiger partial charge is 0.306 e. The predicted molar refractivity (Wildman–Crippen MR) is 68.8 cm³/mol. The first-order valence-electron chi connectivity index (χ1n) is 6.08. The molecule has 1 amide bonds. The van der Waals surface area contributed by atoms with Crippen LogP contribution >= 0.6 is 0 Å². The maximum absolute atomic E-state index is 11.5. The Balaban J connectivity index is 2.20. The van der Waals surface area contributed by atoms with Crippen molar-refractivity contribution < 1.29 is 14.3 Å². The zero-order valence-electron chi connectivity index (χ0n) is 10.8. The molecular weight excluding hydrogens is 230 g/mol. The molecule has 18 heavy (non-hydrogen) atoms. The second-order valence-corrected chi connectivity index (χ2v) is 4.30. The summed E-state index contributed by atoms with van der Waals surface area (Å²) in [6.45, 7) is 4.06. The minimum atomic E-state index is -0.333. The standard InChI is InChI=1S/C14H19NO3/c1-11(2)18-14(17)9-8-13(16)15-10-12-6-4-3-5-7-12/h3-7,11H,8-10H2,1-2H3,(H,15,16). The second-order valence-electron chi connectivity index (χ2n) is 4.30. The van der Waals surface area contributed by atoms with Gasteiger partial charge in [-0.2, -0.15) is 0 Å². The summed E-state index contributed by atoms with van der Waals surface area (Å²) in [7, 11) is 0. The van der Waals surface area contributed by atoms with Gasteiger partial charge in [-0.3, -0.25) is 9.59 Å². The van der Waals surface area contributed by atoms with E-state index in [1.807, 2.05) is 30.3 Å². The van der Waals surface area contributed by atoms with Crippen LogP contribution in [-0.4, -0.2) is 18.0 Å². The van der Waals surface area contributed by atoms with Crippen LogP contribution in [0, 0.1) is 0 Å². The molecule has 4 heteroatoms. The van der Waals surface area contributed by atoms with Crippen LogP contribution in [0.15, 0.2) is 30.3 Å². The molecule has 0 radical (unpaired) electrons. The minimum Gasteiger partial charge on any atom is -0.463 e. The van der Waals surface area contributed by atoms with Gasteiger partial charge in [-0.1, -0.05) is 30.3 Å². The van der Waals surface area contributed by atoms with Crippen molar-refractivity contribution in [1.29, 1.82) is 0 Å². The fourth-order valence-corrected chi connectivity index (χ4v) is 1.42. The van der Waals surface area contributed by atoms with Gasteiger partial charge in [0.2, 0.25) is 5.91 Å². The molecule has 0 aliphatic carbocycles. The largest absolute Gasteiger partial charge is 0.463 e. The van der Waals surface area contributed by atoms with Crippen molar-refractivity contribution in [2.45, 2.75) is 39.3 Å². The molecule has 1 rings (SSSR count). The van der Waals surface area contributed by atoms with Gasteiger partial charge in [0.25, 0.3) is 0 Å². The van der Waals surface area contributed by atoms with E-state index >= 15 is 0 Å². The molecule has 0 aromatic heterocycles. The Kier molecular flexibility index (Phi) is 5.91. The highest BCUT2D eigenvalue weighted by Gasteiger charge is 2.09. The molecule has 0 aliphatic heterocycles. The summed E-state index contributed by atoms with van der Waals surface area (Å²) >= 11 is 0. The number of ether oxygens (including phenoxy) is 1. The van der Waals surface area contributed by atoms with Crippen molar-refractivity contribution in [2.75, 3.05) is 0 Å². The molecule has 0 atom stereocenters. The third-order valence-corrected chi connectivity index (χ3v) is 2.26. The summed E-state index contributed by atoms with van der Waals surface area (Å²) in [6, 6.07) is 9.64. The lowest BCUT2D eigenvalue weighted by Gasteiger charge is -2.08. The Morgan fingerprint density at radius 3 is 2.44 bits per heavy atom. The van der Waals surface area contributed by atoms with Crippen LogP contribution in [0.25, 0.3) is 0 Å². The molecule has 0 aliphatic rings. The second kappa shape index (κ2) is 7.48. The Bertz CT molecular complexity index is 387. The number of nitrogens with one attached hydrogen (secondary N) is 1. The number of hydrogen-bond acceptors (Lipinski definition) is 3. The van der Waals surface area contributed by atoms with Gasteiger partial charge in [0.15, 0.2) is 0 Å². The lowest BCUT2D eigenvalue weighted by atomic mass is 10.2. The number of carbonyl (C=O) groups is 2. The van der Waals surface area contributed by atoms with Crippen LogP contribution < -0.4 is 5.32 Å². The van der Waals surface area contributed by atoms with Crippen molar-refractivity contribution in [2.24, 2.45) is 0 Å². The van der Waals surface area contributed by atoms with Gasteiger partial charge < -0.3 is 10.1 Å². The molecular formula is C14H19NO3. The van der Waals surface area contributed by atoms with E-state index < -0.39 is 0 Å². The van der Waals surface area contributed by atoms with Gasteiger partial charge >= 0.3 is 5.97 Å². The zero-order valence-corrected chi connectivity index (χ0v) is 10.8. The van der Waals surface area contributed by atoms with E-state index in [1.165, 1.54) is 0 Å². The predicted octanol–water partition coefficient (Wildman–Crippen LogP) is 2.03. The van der Waals surface area contributed by atoms with Gasteiger partial charge in [-0.25, -0.2) is 0 Å². The maximum atomic E-state index is 11.5. The molecule has 1 aromatic carbocycles. The molecule has 0 unspecified atom stereocenters. The van der Waals surface area contributed by atoms with Crippen LogP contribution in [0.1, 0.15) is 32.3 Å². The van der Waals surface area contributed by atoms with E-state index in [9.17, 15) is 9.59 Å². The van der Waals surface area contributed by atoms with Crippen molar-refractivity contribution >= 4 is 11.9 Å². The Labute approximate surface area is 107 Å². The first kappa shape index (κ1) is 14.2. The fraction of sp³-hybridized carbons (Fsp3) is 0.429. The van der Waals surface area contributed by atoms with Gasteiger partial charge in [-0.05, 0) is 19.4 Å². The minimum absolute atomic E-state index is 0.124. The summed E-state index contributed by atoms with van der Waals surface area (Å²) in [6.07, 6.45) is 0.155. The third kappa shape index (κ3) is 6.03. The molecule has 0 bridgehead atoms. The Morgan fingerprint density at radius 2 is 1.83 bits per heavy atom. The average molecular weight is 249 g/mol.